The molecular formula is C20H20Br2N4O6. The molecule has 0 saturated heterocycles. The summed E-state index contributed by atoms with van der Waals surface area (Å²) in [5.74, 6) is -0.243. The van der Waals surface area contributed by atoms with Crippen LogP contribution >= 0.6 is 31.9 Å². The summed E-state index contributed by atoms with van der Waals surface area (Å²) in [6.45, 7) is 3.15. The number of nitrogens with one attached hydrogen (secondary N) is 2. The lowest BCUT2D eigenvalue weighted by molar-refractivity contribution is -0.384. The molecule has 10 nitrogen and oxygen atoms in total. The SMILES string of the molecule is COc1ccc(NC(=O)CC(C)=NNC(=O)COc2cc(C)c(Br)cc2Br)c([N+](=O)[O-])c1. The van der Waals surface area contributed by atoms with Gasteiger partial charge in [0.25, 0.3) is 11.6 Å². The van der Waals surface area contributed by atoms with Crippen LogP contribution in [0.3, 0.4) is 0 Å². The molecule has 0 bridgehead atoms. The summed E-state index contributed by atoms with van der Waals surface area (Å²) < 4.78 is 12.0. The maximum absolute atomic E-state index is 12.2. The van der Waals surface area contributed by atoms with Crippen LogP contribution in [-0.2, 0) is 9.59 Å². The van der Waals surface area contributed by atoms with Crippen molar-refractivity contribution in [3.05, 3.63) is 55.0 Å². The van der Waals surface area contributed by atoms with Crippen LogP contribution in [0.4, 0.5) is 11.4 Å². The average molecular weight is 572 g/mol. The first-order valence-corrected chi connectivity index (χ1v) is 10.7. The van der Waals surface area contributed by atoms with Gasteiger partial charge in [-0.3, -0.25) is 19.7 Å². The van der Waals surface area contributed by atoms with Gasteiger partial charge in [-0.1, -0.05) is 15.9 Å². The zero-order valence-corrected chi connectivity index (χ0v) is 20.6. The van der Waals surface area contributed by atoms with Gasteiger partial charge in [0.05, 0.1) is 29.0 Å². The Morgan fingerprint density at radius 3 is 2.53 bits per heavy atom. The van der Waals surface area contributed by atoms with Crippen molar-refractivity contribution >= 4 is 60.8 Å². The van der Waals surface area contributed by atoms with Gasteiger partial charge < -0.3 is 14.8 Å². The molecule has 2 rings (SSSR count). The van der Waals surface area contributed by atoms with Gasteiger partial charge in [-0.2, -0.15) is 5.10 Å². The number of halogens is 2. The normalized spacial score (nSPS) is 11.0. The van der Waals surface area contributed by atoms with Gasteiger partial charge in [0.15, 0.2) is 6.61 Å². The molecule has 170 valence electrons. The Balaban J connectivity index is 1.90. The lowest BCUT2D eigenvalue weighted by atomic mass is 10.2. The molecule has 32 heavy (non-hydrogen) atoms. The smallest absolute Gasteiger partial charge is 0.296 e. The Morgan fingerprint density at radius 1 is 1.16 bits per heavy atom. The van der Waals surface area contributed by atoms with Gasteiger partial charge in [-0.15, -0.1) is 0 Å². The molecule has 12 heteroatoms. The Labute approximate surface area is 200 Å². The van der Waals surface area contributed by atoms with E-state index in [1.165, 1.54) is 32.2 Å². The highest BCUT2D eigenvalue weighted by Crippen LogP contribution is 2.31. The Kier molecular flexibility index (Phi) is 9.14. The predicted molar refractivity (Wildman–Crippen MR) is 126 cm³/mol. The molecule has 0 fully saturated rings. The monoisotopic (exact) mass is 570 g/mol. The van der Waals surface area contributed by atoms with E-state index in [0.717, 1.165) is 10.0 Å². The van der Waals surface area contributed by atoms with Crippen molar-refractivity contribution in [2.24, 2.45) is 5.10 Å². The third-order valence-corrected chi connectivity index (χ3v) is 5.51. The molecule has 0 aliphatic heterocycles. The number of hydrogen-bond acceptors (Lipinski definition) is 7. The number of hydrogen-bond donors (Lipinski definition) is 2. The number of ether oxygens (including phenoxy) is 2. The number of aryl methyl sites for hydroxylation is 1. The molecule has 0 aromatic heterocycles. The highest BCUT2D eigenvalue weighted by molar-refractivity contribution is 9.11. The second-order valence-electron chi connectivity index (χ2n) is 6.57. The number of nitro benzene ring substituents is 1. The number of nitrogens with zero attached hydrogens (tertiary/aromatic N) is 2. The van der Waals surface area contributed by atoms with Crippen LogP contribution in [0.1, 0.15) is 18.9 Å². The van der Waals surface area contributed by atoms with Gasteiger partial charge in [0, 0.05) is 10.2 Å². The number of rotatable bonds is 9. The molecule has 2 amide bonds. The molecule has 2 aromatic carbocycles. The summed E-state index contributed by atoms with van der Waals surface area (Å²) in [5, 5.41) is 17.5. The standard InChI is InChI=1S/C20H20Br2N4O6/c1-11-6-18(15(22)9-14(11)21)32-10-20(28)25-24-12(2)7-19(27)23-16-5-4-13(31-3)8-17(16)26(29)30/h4-6,8-9H,7,10H2,1-3H3,(H,23,27)(H,25,28). The highest BCUT2D eigenvalue weighted by Gasteiger charge is 2.17. The van der Waals surface area contributed by atoms with Crippen LogP contribution in [0.5, 0.6) is 11.5 Å². The number of anilines is 1. The number of hydrazone groups is 1. The summed E-state index contributed by atoms with van der Waals surface area (Å²) in [5.41, 5.74) is 3.28. The number of carbonyl (C=O) groups excluding carboxylic acids is 2. The summed E-state index contributed by atoms with van der Waals surface area (Å²) >= 11 is 6.77. The van der Waals surface area contributed by atoms with E-state index in [1.54, 1.807) is 6.07 Å². The second-order valence-corrected chi connectivity index (χ2v) is 8.28. The summed E-state index contributed by atoms with van der Waals surface area (Å²) in [4.78, 5) is 34.8. The Bertz CT molecular complexity index is 1070. The van der Waals surface area contributed by atoms with Crippen LogP contribution in [-0.4, -0.2) is 36.2 Å². The zero-order chi connectivity index (χ0) is 23.8. The maximum atomic E-state index is 12.2. The van der Waals surface area contributed by atoms with Crippen LogP contribution < -0.4 is 20.2 Å². The Hall–Kier alpha value is -2.99. The quantitative estimate of drug-likeness (QED) is 0.261. The van der Waals surface area contributed by atoms with Crippen molar-refractivity contribution in [1.82, 2.24) is 5.43 Å². The largest absolute Gasteiger partial charge is 0.496 e. The molecule has 2 aromatic rings. The van der Waals surface area contributed by atoms with Crippen LogP contribution in [0, 0.1) is 17.0 Å². The van der Waals surface area contributed by atoms with E-state index in [2.05, 4.69) is 47.7 Å². The average Bonchev–Trinajstić information content (AvgIpc) is 2.73. The minimum atomic E-state index is -0.620. The van der Waals surface area contributed by atoms with E-state index >= 15 is 0 Å². The lowest BCUT2D eigenvalue weighted by Gasteiger charge is -2.10. The topological polar surface area (TPSA) is 132 Å². The van der Waals surface area contributed by atoms with Gasteiger partial charge in [-0.25, -0.2) is 5.43 Å². The predicted octanol–water partition coefficient (Wildman–Crippen LogP) is 4.34. The fourth-order valence-electron chi connectivity index (χ4n) is 2.44. The molecule has 0 aliphatic rings. The molecule has 0 atom stereocenters. The van der Waals surface area contributed by atoms with Crippen molar-refractivity contribution < 1.29 is 24.0 Å². The third kappa shape index (κ3) is 7.31. The van der Waals surface area contributed by atoms with Gasteiger partial charge in [-0.05, 0) is 59.6 Å². The molecule has 0 spiro atoms. The summed E-state index contributed by atoms with van der Waals surface area (Å²) in [6.07, 6.45) is -0.179. The first-order chi connectivity index (χ1) is 15.1. The van der Waals surface area contributed by atoms with E-state index < -0.39 is 16.7 Å². The molecule has 0 saturated carbocycles. The lowest BCUT2D eigenvalue weighted by Crippen LogP contribution is -2.26. The molecule has 0 unspecified atom stereocenters. The number of amides is 2. The second kappa shape index (κ2) is 11.6. The van der Waals surface area contributed by atoms with E-state index in [-0.39, 0.29) is 24.4 Å². The molecular weight excluding hydrogens is 552 g/mol. The molecule has 0 radical (unpaired) electrons. The first-order valence-electron chi connectivity index (χ1n) is 9.13. The van der Waals surface area contributed by atoms with Gasteiger partial charge in [0.2, 0.25) is 5.91 Å². The van der Waals surface area contributed by atoms with E-state index in [0.29, 0.717) is 21.7 Å². The fourth-order valence-corrected chi connectivity index (χ4v) is 3.54. The van der Waals surface area contributed by atoms with Crippen molar-refractivity contribution in [2.45, 2.75) is 20.3 Å². The molecule has 0 heterocycles. The number of nitro groups is 1. The molecule has 0 aliphatic carbocycles. The fraction of sp³-hybridized carbons (Fsp3) is 0.250. The van der Waals surface area contributed by atoms with Crippen molar-refractivity contribution in [2.75, 3.05) is 19.0 Å². The summed E-state index contributed by atoms with van der Waals surface area (Å²) in [6, 6.07) is 7.68. The maximum Gasteiger partial charge on any atom is 0.296 e. The van der Waals surface area contributed by atoms with Crippen molar-refractivity contribution in [3.63, 3.8) is 0 Å². The number of carbonyl (C=O) groups is 2. The van der Waals surface area contributed by atoms with Gasteiger partial charge in [0.1, 0.15) is 17.2 Å². The van der Waals surface area contributed by atoms with E-state index in [1.807, 2.05) is 13.0 Å². The van der Waals surface area contributed by atoms with Gasteiger partial charge >= 0.3 is 0 Å². The third-order valence-electron chi connectivity index (χ3n) is 4.04. The number of benzene rings is 2. The zero-order valence-electron chi connectivity index (χ0n) is 17.4. The minimum absolute atomic E-state index is 0.0291. The Morgan fingerprint density at radius 2 is 1.88 bits per heavy atom. The first kappa shape index (κ1) is 25.3. The minimum Gasteiger partial charge on any atom is -0.496 e. The number of methoxy groups -OCH3 is 1. The molecule has 2 N–H and O–H groups in total. The van der Waals surface area contributed by atoms with Crippen LogP contribution in [0.25, 0.3) is 0 Å². The van der Waals surface area contributed by atoms with Crippen molar-refractivity contribution in [3.8, 4) is 11.5 Å². The van der Waals surface area contributed by atoms with E-state index in [9.17, 15) is 19.7 Å². The van der Waals surface area contributed by atoms with Crippen LogP contribution in [0.2, 0.25) is 0 Å². The van der Waals surface area contributed by atoms with Crippen LogP contribution in [0.15, 0.2) is 44.4 Å². The summed E-state index contributed by atoms with van der Waals surface area (Å²) in [7, 11) is 1.38. The highest BCUT2D eigenvalue weighted by atomic mass is 79.9. The van der Waals surface area contributed by atoms with E-state index in [4.69, 9.17) is 9.47 Å². The van der Waals surface area contributed by atoms with Crippen molar-refractivity contribution in [1.29, 1.82) is 0 Å².